The van der Waals surface area contributed by atoms with Crippen molar-refractivity contribution in [3.8, 4) is 17.1 Å². The van der Waals surface area contributed by atoms with Crippen molar-refractivity contribution in [3.63, 3.8) is 0 Å². The minimum atomic E-state index is -4.86. The summed E-state index contributed by atoms with van der Waals surface area (Å²) in [5.41, 5.74) is 0.255. The van der Waals surface area contributed by atoms with Gasteiger partial charge in [0.1, 0.15) is 0 Å². The molecule has 0 fully saturated rings. The van der Waals surface area contributed by atoms with Crippen LogP contribution in [-0.4, -0.2) is 29.6 Å². The molecule has 0 aliphatic rings. The van der Waals surface area contributed by atoms with Crippen LogP contribution in [0.15, 0.2) is 71.8 Å². The zero-order chi connectivity index (χ0) is 23.6. The predicted octanol–water partition coefficient (Wildman–Crippen LogP) is 4.29. The number of rotatable bonds is 7. The van der Waals surface area contributed by atoms with Gasteiger partial charge < -0.3 is 4.74 Å². The summed E-state index contributed by atoms with van der Waals surface area (Å²) in [6, 6.07) is 14.7. The summed E-state index contributed by atoms with van der Waals surface area (Å²) in [6.07, 6.45) is -3.36. The summed E-state index contributed by atoms with van der Waals surface area (Å²) in [4.78, 5) is 3.47. The Kier molecular flexibility index (Phi) is 6.09. The standard InChI is InChI=1S/C22H19F3N4O3S/c1-2-32-21-11-10-20-27-18(14-29(20)28-21)16-8-9-17(22(23,24)25)19(12-16)33(30,31)26-13-15-6-4-3-5-7-15/h3-12,14,26H,2,13H2,1H3. The highest BCUT2D eigenvalue weighted by atomic mass is 32.2. The van der Waals surface area contributed by atoms with E-state index in [0.717, 1.165) is 12.1 Å². The second-order valence-corrected chi connectivity index (χ2v) is 8.79. The summed E-state index contributed by atoms with van der Waals surface area (Å²) >= 11 is 0. The van der Waals surface area contributed by atoms with Gasteiger partial charge in [0.2, 0.25) is 15.9 Å². The predicted molar refractivity (Wildman–Crippen MR) is 115 cm³/mol. The van der Waals surface area contributed by atoms with Crippen molar-refractivity contribution >= 4 is 15.7 Å². The smallest absolute Gasteiger partial charge is 0.417 e. The first-order valence-electron chi connectivity index (χ1n) is 9.92. The lowest BCUT2D eigenvalue weighted by Crippen LogP contribution is -2.26. The molecule has 0 bridgehead atoms. The van der Waals surface area contributed by atoms with E-state index in [4.69, 9.17) is 4.74 Å². The van der Waals surface area contributed by atoms with Gasteiger partial charge in [0.15, 0.2) is 5.65 Å². The molecule has 1 N–H and O–H groups in total. The average molecular weight is 476 g/mol. The van der Waals surface area contributed by atoms with E-state index in [1.54, 1.807) is 49.4 Å². The van der Waals surface area contributed by atoms with Gasteiger partial charge in [0.05, 0.1) is 29.0 Å². The maximum Gasteiger partial charge on any atom is 0.417 e. The molecular weight excluding hydrogens is 457 g/mol. The number of nitrogens with zero attached hydrogens (tertiary/aromatic N) is 3. The average Bonchev–Trinajstić information content (AvgIpc) is 3.21. The first-order chi connectivity index (χ1) is 15.7. The molecule has 2 aromatic heterocycles. The maximum atomic E-state index is 13.6. The van der Waals surface area contributed by atoms with Crippen molar-refractivity contribution in [1.29, 1.82) is 0 Å². The van der Waals surface area contributed by atoms with Crippen LogP contribution in [0.25, 0.3) is 16.9 Å². The summed E-state index contributed by atoms with van der Waals surface area (Å²) in [5, 5.41) is 4.22. The zero-order valence-electron chi connectivity index (χ0n) is 17.4. The quantitative estimate of drug-likeness (QED) is 0.430. The zero-order valence-corrected chi connectivity index (χ0v) is 18.2. The Bertz CT molecular complexity index is 1390. The molecular formula is C22H19F3N4O3S. The fourth-order valence-corrected chi connectivity index (χ4v) is 4.49. The number of ether oxygens (including phenoxy) is 1. The SMILES string of the molecule is CCOc1ccc2nc(-c3ccc(C(F)(F)F)c(S(=O)(=O)NCc4ccccc4)c3)cn2n1. The van der Waals surface area contributed by atoms with E-state index in [2.05, 4.69) is 14.8 Å². The Morgan fingerprint density at radius 1 is 1.06 bits per heavy atom. The van der Waals surface area contributed by atoms with Crippen molar-refractivity contribution in [3.05, 3.63) is 78.0 Å². The van der Waals surface area contributed by atoms with Gasteiger partial charge in [0.25, 0.3) is 0 Å². The van der Waals surface area contributed by atoms with Gasteiger partial charge in [-0.1, -0.05) is 36.4 Å². The number of hydrogen-bond donors (Lipinski definition) is 1. The summed E-state index contributed by atoms with van der Waals surface area (Å²) in [6.45, 7) is 2.07. The van der Waals surface area contributed by atoms with Gasteiger partial charge in [-0.3, -0.25) is 0 Å². The molecule has 172 valence electrons. The Labute approximate surface area is 187 Å². The van der Waals surface area contributed by atoms with Crippen molar-refractivity contribution in [1.82, 2.24) is 19.3 Å². The van der Waals surface area contributed by atoms with E-state index in [1.807, 2.05) is 0 Å². The molecule has 11 heteroatoms. The molecule has 0 radical (unpaired) electrons. The number of nitrogens with one attached hydrogen (secondary N) is 1. The van der Waals surface area contributed by atoms with Crippen LogP contribution in [0.3, 0.4) is 0 Å². The van der Waals surface area contributed by atoms with E-state index in [0.29, 0.717) is 23.7 Å². The van der Waals surface area contributed by atoms with Gasteiger partial charge in [-0.05, 0) is 30.7 Å². The molecule has 0 saturated heterocycles. The second kappa shape index (κ2) is 8.83. The number of benzene rings is 2. The minimum Gasteiger partial charge on any atom is -0.477 e. The van der Waals surface area contributed by atoms with Gasteiger partial charge in [-0.2, -0.15) is 13.2 Å². The molecule has 0 atom stereocenters. The Hall–Kier alpha value is -3.44. The van der Waals surface area contributed by atoms with Crippen LogP contribution in [0.2, 0.25) is 0 Å². The monoisotopic (exact) mass is 476 g/mol. The first kappa shape index (κ1) is 22.7. The Balaban J connectivity index is 1.74. The number of imidazole rings is 1. The lowest BCUT2D eigenvalue weighted by molar-refractivity contribution is -0.139. The van der Waals surface area contributed by atoms with E-state index in [1.165, 1.54) is 16.8 Å². The highest BCUT2D eigenvalue weighted by Gasteiger charge is 2.37. The second-order valence-electron chi connectivity index (χ2n) is 7.05. The fourth-order valence-electron chi connectivity index (χ4n) is 3.22. The van der Waals surface area contributed by atoms with E-state index in [-0.39, 0.29) is 17.8 Å². The third-order valence-corrected chi connectivity index (χ3v) is 6.21. The van der Waals surface area contributed by atoms with Gasteiger partial charge in [-0.25, -0.2) is 22.6 Å². The molecule has 7 nitrogen and oxygen atoms in total. The normalized spacial score (nSPS) is 12.2. The van der Waals surface area contributed by atoms with Crippen LogP contribution in [0.5, 0.6) is 5.88 Å². The first-order valence-corrected chi connectivity index (χ1v) is 11.4. The molecule has 4 aromatic rings. The molecule has 2 heterocycles. The number of sulfonamides is 1. The lowest BCUT2D eigenvalue weighted by Gasteiger charge is -2.15. The lowest BCUT2D eigenvalue weighted by atomic mass is 10.1. The summed E-state index contributed by atoms with van der Waals surface area (Å²) in [7, 11) is -4.49. The number of alkyl halides is 3. The molecule has 0 spiro atoms. The Morgan fingerprint density at radius 2 is 1.82 bits per heavy atom. The largest absolute Gasteiger partial charge is 0.477 e. The van der Waals surface area contributed by atoms with Gasteiger partial charge >= 0.3 is 6.18 Å². The maximum absolute atomic E-state index is 13.6. The Morgan fingerprint density at radius 3 is 2.52 bits per heavy atom. The van der Waals surface area contributed by atoms with E-state index in [9.17, 15) is 21.6 Å². The highest BCUT2D eigenvalue weighted by molar-refractivity contribution is 7.89. The molecule has 0 aliphatic heterocycles. The van der Waals surface area contributed by atoms with Crippen LogP contribution in [-0.2, 0) is 22.7 Å². The van der Waals surface area contributed by atoms with Crippen LogP contribution in [0.1, 0.15) is 18.1 Å². The number of halogens is 3. The van der Waals surface area contributed by atoms with Gasteiger partial charge in [0, 0.05) is 18.2 Å². The van der Waals surface area contributed by atoms with Crippen molar-refractivity contribution in [2.24, 2.45) is 0 Å². The molecule has 0 aliphatic carbocycles. The summed E-state index contributed by atoms with van der Waals surface area (Å²) < 4.78 is 75.6. The fraction of sp³-hybridized carbons (Fsp3) is 0.182. The molecule has 33 heavy (non-hydrogen) atoms. The third kappa shape index (κ3) is 4.99. The van der Waals surface area contributed by atoms with Crippen molar-refractivity contribution in [2.45, 2.75) is 24.5 Å². The van der Waals surface area contributed by atoms with Crippen LogP contribution in [0, 0.1) is 0 Å². The number of hydrogen-bond acceptors (Lipinski definition) is 5. The molecule has 2 aromatic carbocycles. The van der Waals surface area contributed by atoms with E-state index < -0.39 is 26.7 Å². The molecule has 4 rings (SSSR count). The molecule has 0 unspecified atom stereocenters. The van der Waals surface area contributed by atoms with Gasteiger partial charge in [-0.15, -0.1) is 5.10 Å². The highest BCUT2D eigenvalue weighted by Crippen LogP contribution is 2.36. The molecule has 0 amide bonds. The third-order valence-electron chi connectivity index (χ3n) is 4.77. The van der Waals surface area contributed by atoms with Crippen LogP contribution in [0.4, 0.5) is 13.2 Å². The molecule has 0 saturated carbocycles. The number of aromatic nitrogens is 3. The van der Waals surface area contributed by atoms with Crippen LogP contribution < -0.4 is 9.46 Å². The minimum absolute atomic E-state index is 0.150. The van der Waals surface area contributed by atoms with Crippen molar-refractivity contribution in [2.75, 3.05) is 6.61 Å². The number of fused-ring (bicyclic) bond motifs is 1. The summed E-state index contributed by atoms with van der Waals surface area (Å²) in [5.74, 6) is 0.356. The topological polar surface area (TPSA) is 85.6 Å². The van der Waals surface area contributed by atoms with Crippen molar-refractivity contribution < 1.29 is 26.3 Å². The van der Waals surface area contributed by atoms with Crippen LogP contribution >= 0.6 is 0 Å². The van der Waals surface area contributed by atoms with E-state index >= 15 is 0 Å².